The molecular weight excluding hydrogens is 376 g/mol. The molecule has 0 saturated carbocycles. The summed E-state index contributed by atoms with van der Waals surface area (Å²) in [6.07, 6.45) is -1.94. The molecule has 2 unspecified atom stereocenters. The van der Waals surface area contributed by atoms with Crippen LogP contribution in [0, 0.1) is 0 Å². The summed E-state index contributed by atoms with van der Waals surface area (Å²) < 4.78 is 11.2. The number of carbonyl (C=O) groups excluding carboxylic acids is 2. The lowest BCUT2D eigenvalue weighted by atomic mass is 10.00. The predicted octanol–water partition coefficient (Wildman–Crippen LogP) is 5.27. The van der Waals surface area contributed by atoms with Crippen molar-refractivity contribution in [2.24, 2.45) is 0 Å². The van der Waals surface area contributed by atoms with E-state index in [9.17, 15) is 9.59 Å². The first kappa shape index (κ1) is 19.6. The van der Waals surface area contributed by atoms with Gasteiger partial charge in [-0.05, 0) is 31.2 Å². The van der Waals surface area contributed by atoms with Gasteiger partial charge in [0.1, 0.15) is 5.75 Å². The smallest absolute Gasteiger partial charge is 0.348 e. The van der Waals surface area contributed by atoms with E-state index in [1.807, 2.05) is 12.1 Å². The lowest BCUT2D eigenvalue weighted by Gasteiger charge is -2.20. The molecule has 0 aliphatic heterocycles. The molecule has 4 nitrogen and oxygen atoms in total. The van der Waals surface area contributed by atoms with Gasteiger partial charge in [-0.3, -0.25) is 4.79 Å². The molecule has 3 aromatic rings. The Kier molecular flexibility index (Phi) is 6.45. The topological polar surface area (TPSA) is 52.6 Å². The maximum atomic E-state index is 13.0. The Morgan fingerprint density at radius 1 is 0.821 bits per heavy atom. The molecule has 0 aliphatic carbocycles. The average Bonchev–Trinajstić information content (AvgIpc) is 2.74. The summed E-state index contributed by atoms with van der Waals surface area (Å²) in [4.78, 5) is 25.6. The molecule has 3 aromatic carbocycles. The van der Waals surface area contributed by atoms with E-state index in [-0.39, 0.29) is 5.78 Å². The van der Waals surface area contributed by atoms with Gasteiger partial charge < -0.3 is 9.47 Å². The Morgan fingerprint density at radius 2 is 1.39 bits per heavy atom. The molecule has 0 aromatic heterocycles. The second-order valence-corrected chi connectivity index (χ2v) is 6.61. The number of hydrogen-bond acceptors (Lipinski definition) is 4. The first-order valence-electron chi connectivity index (χ1n) is 8.81. The Hall–Kier alpha value is -3.11. The summed E-state index contributed by atoms with van der Waals surface area (Å²) in [5.41, 5.74) is 1.07. The van der Waals surface area contributed by atoms with Crippen LogP contribution in [0.25, 0.3) is 0 Å². The first-order valence-corrected chi connectivity index (χ1v) is 9.19. The largest absolute Gasteiger partial charge is 0.479 e. The predicted molar refractivity (Wildman–Crippen MR) is 108 cm³/mol. The second-order valence-electron chi connectivity index (χ2n) is 6.17. The molecule has 0 radical (unpaired) electrons. The summed E-state index contributed by atoms with van der Waals surface area (Å²) in [5.74, 6) is -0.438. The van der Waals surface area contributed by atoms with Crippen molar-refractivity contribution in [3.8, 4) is 5.75 Å². The van der Waals surface area contributed by atoms with Crippen molar-refractivity contribution in [2.45, 2.75) is 19.1 Å². The fourth-order valence-electron chi connectivity index (χ4n) is 2.63. The number of ether oxygens (including phenoxy) is 2. The zero-order valence-corrected chi connectivity index (χ0v) is 16.0. The minimum atomic E-state index is -1.05. The molecule has 142 valence electrons. The number of ketones is 1. The van der Waals surface area contributed by atoms with Crippen molar-refractivity contribution in [2.75, 3.05) is 0 Å². The zero-order chi connectivity index (χ0) is 19.9. The Balaban J connectivity index is 1.78. The van der Waals surface area contributed by atoms with Crippen molar-refractivity contribution in [3.05, 3.63) is 101 Å². The van der Waals surface area contributed by atoms with Crippen LogP contribution >= 0.6 is 11.6 Å². The number of rotatable bonds is 7. The lowest BCUT2D eigenvalue weighted by molar-refractivity contribution is -0.154. The zero-order valence-electron chi connectivity index (χ0n) is 15.2. The van der Waals surface area contributed by atoms with Gasteiger partial charge >= 0.3 is 5.97 Å². The number of halogens is 1. The third kappa shape index (κ3) is 4.99. The van der Waals surface area contributed by atoms with Gasteiger partial charge in [-0.25, -0.2) is 4.79 Å². The lowest BCUT2D eigenvalue weighted by Crippen LogP contribution is -2.30. The Morgan fingerprint density at radius 3 is 2.00 bits per heavy atom. The van der Waals surface area contributed by atoms with E-state index in [2.05, 4.69) is 0 Å². The van der Waals surface area contributed by atoms with Gasteiger partial charge in [0.25, 0.3) is 0 Å². The molecule has 5 heteroatoms. The minimum Gasteiger partial charge on any atom is -0.479 e. The normalized spacial score (nSPS) is 12.6. The quantitative estimate of drug-likeness (QED) is 0.404. The monoisotopic (exact) mass is 394 g/mol. The van der Waals surface area contributed by atoms with Crippen LogP contribution in [-0.2, 0) is 9.53 Å². The molecule has 0 amide bonds. The molecule has 0 N–H and O–H groups in total. The molecule has 0 heterocycles. The highest BCUT2D eigenvalue weighted by Gasteiger charge is 2.28. The van der Waals surface area contributed by atoms with Crippen LogP contribution < -0.4 is 4.74 Å². The van der Waals surface area contributed by atoms with Crippen LogP contribution in [0.4, 0.5) is 0 Å². The van der Waals surface area contributed by atoms with Gasteiger partial charge in [-0.1, -0.05) is 72.3 Å². The second kappa shape index (κ2) is 9.20. The van der Waals surface area contributed by atoms with Gasteiger partial charge in [0.15, 0.2) is 12.2 Å². The summed E-state index contributed by atoms with van der Waals surface area (Å²) in [6.45, 7) is 1.58. The van der Waals surface area contributed by atoms with E-state index in [0.717, 1.165) is 0 Å². The molecule has 0 saturated heterocycles. The van der Waals surface area contributed by atoms with Crippen molar-refractivity contribution in [3.63, 3.8) is 0 Å². The van der Waals surface area contributed by atoms with Crippen molar-refractivity contribution >= 4 is 23.4 Å². The molecule has 2 atom stereocenters. The van der Waals surface area contributed by atoms with E-state index < -0.39 is 18.2 Å². The molecule has 0 aliphatic rings. The standard InChI is InChI=1S/C23H19ClO4/c1-16(27-20-14-12-19(24)13-15-20)23(26)28-22(18-10-6-3-7-11-18)21(25)17-8-4-2-5-9-17/h2-16,22H,1H3. The molecular formula is C23H19ClO4. The van der Waals surface area contributed by atoms with Gasteiger partial charge in [-0.2, -0.15) is 0 Å². The first-order chi connectivity index (χ1) is 13.5. The maximum absolute atomic E-state index is 13.0. The van der Waals surface area contributed by atoms with Gasteiger partial charge in [-0.15, -0.1) is 0 Å². The molecule has 0 bridgehead atoms. The third-order valence-corrected chi connectivity index (χ3v) is 4.34. The van der Waals surface area contributed by atoms with E-state index in [1.54, 1.807) is 79.7 Å². The molecule has 28 heavy (non-hydrogen) atoms. The van der Waals surface area contributed by atoms with Crippen LogP contribution in [0.3, 0.4) is 0 Å². The summed E-state index contributed by atoms with van der Waals surface area (Å²) in [5, 5.41) is 0.570. The van der Waals surface area contributed by atoms with Crippen molar-refractivity contribution in [1.82, 2.24) is 0 Å². The van der Waals surface area contributed by atoms with Crippen molar-refractivity contribution < 1.29 is 19.1 Å². The maximum Gasteiger partial charge on any atom is 0.348 e. The summed E-state index contributed by atoms with van der Waals surface area (Å²) in [6, 6.07) is 24.3. The number of hydrogen-bond donors (Lipinski definition) is 0. The van der Waals surface area contributed by atoms with Gasteiger partial charge in [0, 0.05) is 16.1 Å². The highest BCUT2D eigenvalue weighted by molar-refractivity contribution is 6.30. The van der Waals surface area contributed by atoms with Crippen LogP contribution in [0.1, 0.15) is 28.9 Å². The number of Topliss-reactive ketones (excluding diaryl/α,β-unsaturated/α-hetero) is 1. The number of benzene rings is 3. The molecule has 0 spiro atoms. The third-order valence-electron chi connectivity index (χ3n) is 4.09. The minimum absolute atomic E-state index is 0.293. The Bertz CT molecular complexity index is 924. The van der Waals surface area contributed by atoms with E-state index >= 15 is 0 Å². The van der Waals surface area contributed by atoms with E-state index in [0.29, 0.717) is 21.9 Å². The molecule has 0 fully saturated rings. The fourth-order valence-corrected chi connectivity index (χ4v) is 2.76. The van der Waals surface area contributed by atoms with Crippen LogP contribution in [0.15, 0.2) is 84.9 Å². The highest BCUT2D eigenvalue weighted by atomic mass is 35.5. The average molecular weight is 395 g/mol. The summed E-state index contributed by atoms with van der Waals surface area (Å²) in [7, 11) is 0. The van der Waals surface area contributed by atoms with Crippen LogP contribution in [-0.4, -0.2) is 17.9 Å². The number of carbonyl (C=O) groups is 2. The van der Waals surface area contributed by atoms with E-state index in [1.165, 1.54) is 0 Å². The SMILES string of the molecule is CC(Oc1ccc(Cl)cc1)C(=O)OC(C(=O)c1ccccc1)c1ccccc1. The fraction of sp³-hybridized carbons (Fsp3) is 0.130. The highest BCUT2D eigenvalue weighted by Crippen LogP contribution is 2.24. The van der Waals surface area contributed by atoms with Crippen LogP contribution in [0.2, 0.25) is 5.02 Å². The van der Waals surface area contributed by atoms with Crippen LogP contribution in [0.5, 0.6) is 5.75 Å². The Labute approximate surface area is 168 Å². The summed E-state index contributed by atoms with van der Waals surface area (Å²) >= 11 is 5.86. The van der Waals surface area contributed by atoms with E-state index in [4.69, 9.17) is 21.1 Å². The van der Waals surface area contributed by atoms with Crippen molar-refractivity contribution in [1.29, 1.82) is 0 Å². The number of esters is 1. The van der Waals surface area contributed by atoms with Gasteiger partial charge in [0.2, 0.25) is 5.78 Å². The molecule has 3 rings (SSSR count). The van der Waals surface area contributed by atoms with Gasteiger partial charge in [0.05, 0.1) is 0 Å².